The van der Waals surface area contributed by atoms with Crippen molar-refractivity contribution in [3.63, 3.8) is 0 Å². The molecule has 0 radical (unpaired) electrons. The molecule has 2 amide bonds. The van der Waals surface area contributed by atoms with Crippen molar-refractivity contribution in [2.75, 3.05) is 25.5 Å². The number of halogens is 1. The maximum Gasteiger partial charge on any atom is 0.276 e. The zero-order chi connectivity index (χ0) is 18.5. The molecule has 0 atom stereocenters. The summed E-state index contributed by atoms with van der Waals surface area (Å²) < 4.78 is 0. The summed E-state index contributed by atoms with van der Waals surface area (Å²) in [5.41, 5.74) is 0.656. The topological polar surface area (TPSA) is 87.2 Å². The first kappa shape index (κ1) is 18.3. The van der Waals surface area contributed by atoms with Crippen molar-refractivity contribution in [2.45, 2.75) is 18.9 Å². The average Bonchev–Trinajstić information content (AvgIpc) is 2.69. The van der Waals surface area contributed by atoms with Crippen LogP contribution in [0.15, 0.2) is 36.7 Å². The van der Waals surface area contributed by atoms with Crippen LogP contribution in [0, 0.1) is 0 Å². The first-order valence-electron chi connectivity index (χ1n) is 8.43. The Morgan fingerprint density at radius 3 is 2.31 bits per heavy atom. The van der Waals surface area contributed by atoms with Gasteiger partial charge in [-0.05, 0) is 44.2 Å². The van der Waals surface area contributed by atoms with E-state index in [2.05, 4.69) is 20.6 Å². The van der Waals surface area contributed by atoms with Gasteiger partial charge in [0.1, 0.15) is 0 Å². The lowest BCUT2D eigenvalue weighted by atomic mass is 10.0. The van der Waals surface area contributed by atoms with Gasteiger partial charge < -0.3 is 15.5 Å². The van der Waals surface area contributed by atoms with Crippen molar-refractivity contribution in [1.29, 1.82) is 0 Å². The van der Waals surface area contributed by atoms with Crippen molar-refractivity contribution in [2.24, 2.45) is 0 Å². The van der Waals surface area contributed by atoms with Crippen LogP contribution in [-0.2, 0) is 0 Å². The number of nitrogens with zero attached hydrogens (tertiary/aromatic N) is 3. The Labute approximate surface area is 156 Å². The Hall–Kier alpha value is -2.51. The summed E-state index contributed by atoms with van der Waals surface area (Å²) in [5.74, 6) is -0.747. The second-order valence-electron chi connectivity index (χ2n) is 6.07. The highest BCUT2D eigenvalue weighted by molar-refractivity contribution is 6.30. The van der Waals surface area contributed by atoms with Gasteiger partial charge in [-0.2, -0.15) is 0 Å². The third kappa shape index (κ3) is 4.17. The Morgan fingerprint density at radius 2 is 1.69 bits per heavy atom. The van der Waals surface area contributed by atoms with Crippen LogP contribution in [0.1, 0.15) is 33.8 Å². The van der Waals surface area contributed by atoms with Gasteiger partial charge in [-0.3, -0.25) is 9.59 Å². The van der Waals surface area contributed by atoms with Crippen LogP contribution < -0.4 is 10.6 Å². The summed E-state index contributed by atoms with van der Waals surface area (Å²) in [7, 11) is 1.92. The summed E-state index contributed by atoms with van der Waals surface area (Å²) in [6.07, 6.45) is 4.57. The van der Waals surface area contributed by atoms with E-state index >= 15 is 0 Å². The standard InChI is InChI=1S/C18H20ClN5O2/c1-20-13-6-10-24(11-7-13)18(26)16-15(21-8-9-22-16)17(25)23-14-4-2-12(19)3-5-14/h2-5,8-9,13,20H,6-7,10-11H2,1H3,(H,23,25). The predicted octanol–water partition coefficient (Wildman–Crippen LogP) is 2.21. The normalized spacial score (nSPS) is 14.9. The molecule has 0 saturated carbocycles. The maximum absolute atomic E-state index is 12.8. The Bertz CT molecular complexity index is 788. The molecule has 1 aromatic heterocycles. The minimum absolute atomic E-state index is 0.0168. The Kier molecular flexibility index (Phi) is 5.80. The Balaban J connectivity index is 1.76. The molecule has 8 heteroatoms. The Morgan fingerprint density at radius 1 is 1.08 bits per heavy atom. The lowest BCUT2D eigenvalue weighted by Crippen LogP contribution is -2.44. The molecule has 0 unspecified atom stereocenters. The number of carbonyl (C=O) groups excluding carboxylic acids is 2. The van der Waals surface area contributed by atoms with E-state index in [1.54, 1.807) is 29.2 Å². The predicted molar refractivity (Wildman–Crippen MR) is 99.4 cm³/mol. The number of likely N-dealkylation sites (tertiary alicyclic amines) is 1. The highest BCUT2D eigenvalue weighted by atomic mass is 35.5. The van der Waals surface area contributed by atoms with Gasteiger partial charge in [0.15, 0.2) is 11.4 Å². The molecule has 1 aromatic carbocycles. The molecular weight excluding hydrogens is 354 g/mol. The molecule has 1 saturated heterocycles. The highest BCUT2D eigenvalue weighted by Gasteiger charge is 2.27. The zero-order valence-electron chi connectivity index (χ0n) is 14.4. The zero-order valence-corrected chi connectivity index (χ0v) is 15.2. The highest BCUT2D eigenvalue weighted by Crippen LogP contribution is 2.17. The molecular formula is C18H20ClN5O2. The lowest BCUT2D eigenvalue weighted by molar-refractivity contribution is 0.0696. The van der Waals surface area contributed by atoms with Gasteiger partial charge in [0.05, 0.1) is 0 Å². The van der Waals surface area contributed by atoms with Crippen LogP contribution in [0.5, 0.6) is 0 Å². The summed E-state index contributed by atoms with van der Waals surface area (Å²) in [4.78, 5) is 35.3. The van der Waals surface area contributed by atoms with E-state index in [0.29, 0.717) is 29.8 Å². The van der Waals surface area contributed by atoms with Gasteiger partial charge in [0.2, 0.25) is 0 Å². The molecule has 1 fully saturated rings. The van der Waals surface area contributed by atoms with E-state index in [0.717, 1.165) is 12.8 Å². The number of piperidine rings is 1. The van der Waals surface area contributed by atoms with Gasteiger partial charge in [0, 0.05) is 42.2 Å². The van der Waals surface area contributed by atoms with E-state index < -0.39 is 5.91 Å². The van der Waals surface area contributed by atoms with Gasteiger partial charge in [0.25, 0.3) is 11.8 Å². The number of rotatable bonds is 4. The summed E-state index contributed by atoms with van der Waals surface area (Å²) >= 11 is 5.85. The SMILES string of the molecule is CNC1CCN(C(=O)c2nccnc2C(=O)Nc2ccc(Cl)cc2)CC1. The maximum atomic E-state index is 12.8. The number of amides is 2. The number of anilines is 1. The molecule has 2 N–H and O–H groups in total. The minimum atomic E-state index is -0.478. The van der Waals surface area contributed by atoms with Gasteiger partial charge in [-0.15, -0.1) is 0 Å². The van der Waals surface area contributed by atoms with Crippen LogP contribution in [0.3, 0.4) is 0 Å². The molecule has 1 aliphatic rings. The van der Waals surface area contributed by atoms with Crippen LogP contribution in [-0.4, -0.2) is 52.9 Å². The fourth-order valence-corrected chi connectivity index (χ4v) is 3.03. The van der Waals surface area contributed by atoms with E-state index in [4.69, 9.17) is 11.6 Å². The van der Waals surface area contributed by atoms with E-state index in [9.17, 15) is 9.59 Å². The van der Waals surface area contributed by atoms with Crippen molar-refractivity contribution in [3.05, 3.63) is 53.1 Å². The van der Waals surface area contributed by atoms with E-state index in [-0.39, 0.29) is 17.3 Å². The van der Waals surface area contributed by atoms with Crippen molar-refractivity contribution < 1.29 is 9.59 Å². The molecule has 2 aromatic rings. The minimum Gasteiger partial charge on any atom is -0.337 e. The molecule has 2 heterocycles. The third-order valence-electron chi connectivity index (χ3n) is 4.41. The number of nitrogens with one attached hydrogen (secondary N) is 2. The molecule has 26 heavy (non-hydrogen) atoms. The number of hydrogen-bond donors (Lipinski definition) is 2. The lowest BCUT2D eigenvalue weighted by Gasteiger charge is -2.31. The number of hydrogen-bond acceptors (Lipinski definition) is 5. The average molecular weight is 374 g/mol. The molecule has 0 bridgehead atoms. The van der Waals surface area contributed by atoms with Crippen LogP contribution in [0.2, 0.25) is 5.02 Å². The third-order valence-corrected chi connectivity index (χ3v) is 4.66. The van der Waals surface area contributed by atoms with E-state index in [1.165, 1.54) is 12.4 Å². The quantitative estimate of drug-likeness (QED) is 0.858. The number of benzene rings is 1. The van der Waals surface area contributed by atoms with Crippen LogP contribution in [0.4, 0.5) is 5.69 Å². The molecule has 3 rings (SSSR count). The first-order chi connectivity index (χ1) is 12.6. The van der Waals surface area contributed by atoms with Crippen molar-refractivity contribution in [1.82, 2.24) is 20.2 Å². The summed E-state index contributed by atoms with van der Waals surface area (Å²) in [6.45, 7) is 1.25. The number of carbonyl (C=O) groups is 2. The van der Waals surface area contributed by atoms with Gasteiger partial charge >= 0.3 is 0 Å². The van der Waals surface area contributed by atoms with Crippen molar-refractivity contribution in [3.8, 4) is 0 Å². The van der Waals surface area contributed by atoms with Crippen molar-refractivity contribution >= 4 is 29.1 Å². The van der Waals surface area contributed by atoms with Gasteiger partial charge in [-0.1, -0.05) is 11.6 Å². The van der Waals surface area contributed by atoms with E-state index in [1.807, 2.05) is 7.05 Å². The fraction of sp³-hybridized carbons (Fsp3) is 0.333. The molecule has 0 spiro atoms. The summed E-state index contributed by atoms with van der Waals surface area (Å²) in [5, 5.41) is 6.52. The monoisotopic (exact) mass is 373 g/mol. The largest absolute Gasteiger partial charge is 0.337 e. The van der Waals surface area contributed by atoms with Crippen LogP contribution in [0.25, 0.3) is 0 Å². The van der Waals surface area contributed by atoms with Gasteiger partial charge in [-0.25, -0.2) is 9.97 Å². The molecule has 0 aliphatic carbocycles. The second kappa shape index (κ2) is 8.25. The fourth-order valence-electron chi connectivity index (χ4n) is 2.91. The first-order valence-corrected chi connectivity index (χ1v) is 8.80. The number of aromatic nitrogens is 2. The smallest absolute Gasteiger partial charge is 0.276 e. The summed E-state index contributed by atoms with van der Waals surface area (Å²) in [6, 6.07) is 7.12. The molecule has 136 valence electrons. The second-order valence-corrected chi connectivity index (χ2v) is 6.51. The molecule has 7 nitrogen and oxygen atoms in total. The van der Waals surface area contributed by atoms with Crippen LogP contribution >= 0.6 is 11.6 Å². The molecule has 1 aliphatic heterocycles.